The highest BCUT2D eigenvalue weighted by Crippen LogP contribution is 2.62. The van der Waals surface area contributed by atoms with Crippen LogP contribution in [0.25, 0.3) is 9.81 Å². The summed E-state index contributed by atoms with van der Waals surface area (Å²) in [4.78, 5) is 2.78. The molecular formula is C17H12S4. The van der Waals surface area contributed by atoms with Crippen molar-refractivity contribution in [1.82, 2.24) is 0 Å². The maximum atomic E-state index is 2.21. The molecule has 0 aliphatic carbocycles. The Kier molecular flexibility index (Phi) is 4.12. The molecular weight excluding hydrogens is 332 g/mol. The number of hydrogen-bond acceptors (Lipinski definition) is 4. The molecule has 2 aromatic rings. The van der Waals surface area contributed by atoms with E-state index in [0.29, 0.717) is 0 Å². The molecule has 0 amide bonds. The van der Waals surface area contributed by atoms with E-state index >= 15 is 0 Å². The molecule has 2 aliphatic heterocycles. The van der Waals surface area contributed by atoms with Gasteiger partial charge in [0.2, 0.25) is 0 Å². The van der Waals surface area contributed by atoms with Crippen molar-refractivity contribution in [2.24, 2.45) is 0 Å². The first kappa shape index (κ1) is 13.9. The number of benzene rings is 2. The molecule has 0 aromatic heterocycles. The van der Waals surface area contributed by atoms with E-state index in [0.717, 1.165) is 5.08 Å². The van der Waals surface area contributed by atoms with Gasteiger partial charge in [0.1, 0.15) is 0 Å². The lowest BCUT2D eigenvalue weighted by molar-refractivity contribution is 1.63. The second-order valence-electron chi connectivity index (χ2n) is 4.58. The SMILES string of the molecule is c1ccc(C2=C(c3ccccc3)SC3=C(SCS3)S2)cc1. The van der Waals surface area contributed by atoms with Gasteiger partial charge in [-0.1, -0.05) is 84.2 Å². The third-order valence-electron chi connectivity index (χ3n) is 3.21. The van der Waals surface area contributed by atoms with E-state index < -0.39 is 0 Å². The van der Waals surface area contributed by atoms with Gasteiger partial charge in [-0.3, -0.25) is 0 Å². The fraction of sp³-hybridized carbons (Fsp3) is 0.0588. The quantitative estimate of drug-likeness (QED) is 0.605. The van der Waals surface area contributed by atoms with E-state index in [2.05, 4.69) is 60.7 Å². The highest BCUT2D eigenvalue weighted by molar-refractivity contribution is 8.41. The molecule has 0 spiro atoms. The summed E-state index contributed by atoms with van der Waals surface area (Å²) in [6.07, 6.45) is 0. The molecule has 0 saturated heterocycles. The Labute approximate surface area is 141 Å². The van der Waals surface area contributed by atoms with Gasteiger partial charge in [0.25, 0.3) is 0 Å². The minimum absolute atomic E-state index is 1.15. The zero-order valence-electron chi connectivity index (χ0n) is 11.1. The molecule has 4 heteroatoms. The molecule has 2 aromatic carbocycles. The average molecular weight is 345 g/mol. The van der Waals surface area contributed by atoms with Gasteiger partial charge in [-0.05, 0) is 11.1 Å². The Morgan fingerprint density at radius 3 is 1.43 bits per heavy atom. The predicted octanol–water partition coefficient (Wildman–Crippen LogP) is 6.56. The molecule has 0 atom stereocenters. The van der Waals surface area contributed by atoms with Crippen LogP contribution >= 0.6 is 47.0 Å². The molecule has 0 nitrogen and oxygen atoms in total. The molecule has 0 saturated carbocycles. The molecule has 4 rings (SSSR count). The molecule has 0 fully saturated rings. The summed E-state index contributed by atoms with van der Waals surface area (Å²) >= 11 is 7.82. The lowest BCUT2D eigenvalue weighted by Gasteiger charge is -2.20. The second kappa shape index (κ2) is 6.21. The number of rotatable bonds is 2. The Hall–Kier alpha value is -0.680. The van der Waals surface area contributed by atoms with Crippen LogP contribution in [0.4, 0.5) is 0 Å². The molecule has 2 heterocycles. The van der Waals surface area contributed by atoms with Gasteiger partial charge in [-0.15, -0.1) is 23.5 Å². The van der Waals surface area contributed by atoms with Crippen LogP contribution in [0.1, 0.15) is 11.1 Å². The van der Waals surface area contributed by atoms with Gasteiger partial charge in [0.15, 0.2) is 0 Å². The third kappa shape index (κ3) is 2.82. The number of hydrogen-bond donors (Lipinski definition) is 0. The smallest absolute Gasteiger partial charge is 0.0663 e. The van der Waals surface area contributed by atoms with E-state index in [-0.39, 0.29) is 0 Å². The van der Waals surface area contributed by atoms with Crippen LogP contribution in [0.3, 0.4) is 0 Å². The van der Waals surface area contributed by atoms with Crippen molar-refractivity contribution in [3.63, 3.8) is 0 Å². The van der Waals surface area contributed by atoms with Gasteiger partial charge in [0.05, 0.1) is 8.47 Å². The Morgan fingerprint density at radius 1 is 0.571 bits per heavy atom. The summed E-state index contributed by atoms with van der Waals surface area (Å²) in [5.74, 6) is 0. The summed E-state index contributed by atoms with van der Waals surface area (Å²) in [6, 6.07) is 21.5. The van der Waals surface area contributed by atoms with Crippen LogP contribution in [0.15, 0.2) is 69.1 Å². The first-order chi connectivity index (χ1) is 10.4. The van der Waals surface area contributed by atoms with Crippen LogP contribution in [0, 0.1) is 0 Å². The van der Waals surface area contributed by atoms with Gasteiger partial charge in [-0.2, -0.15) is 0 Å². The summed E-state index contributed by atoms with van der Waals surface area (Å²) in [7, 11) is 0. The second-order valence-corrected chi connectivity index (χ2v) is 9.47. The topological polar surface area (TPSA) is 0 Å². The van der Waals surface area contributed by atoms with Crippen LogP contribution in [-0.4, -0.2) is 5.08 Å². The van der Waals surface area contributed by atoms with Crippen molar-refractivity contribution < 1.29 is 0 Å². The monoisotopic (exact) mass is 344 g/mol. The molecule has 0 unspecified atom stereocenters. The van der Waals surface area contributed by atoms with Crippen molar-refractivity contribution in [3.05, 3.63) is 80.3 Å². The molecule has 0 N–H and O–H groups in total. The van der Waals surface area contributed by atoms with Crippen molar-refractivity contribution in [2.45, 2.75) is 0 Å². The fourth-order valence-corrected chi connectivity index (χ4v) is 8.32. The van der Waals surface area contributed by atoms with Gasteiger partial charge in [0, 0.05) is 14.9 Å². The van der Waals surface area contributed by atoms with E-state index in [4.69, 9.17) is 0 Å². The lowest BCUT2D eigenvalue weighted by Crippen LogP contribution is -1.91. The minimum atomic E-state index is 1.15. The minimum Gasteiger partial charge on any atom is -0.106 e. The summed E-state index contributed by atoms with van der Waals surface area (Å²) in [5.41, 5.74) is 2.64. The van der Waals surface area contributed by atoms with Crippen molar-refractivity contribution in [1.29, 1.82) is 0 Å². The zero-order chi connectivity index (χ0) is 14.1. The fourth-order valence-electron chi connectivity index (χ4n) is 2.23. The van der Waals surface area contributed by atoms with Crippen molar-refractivity contribution in [3.8, 4) is 0 Å². The summed E-state index contributed by atoms with van der Waals surface area (Å²) < 4.78 is 2.95. The molecule has 21 heavy (non-hydrogen) atoms. The molecule has 2 aliphatic rings. The van der Waals surface area contributed by atoms with E-state index in [1.807, 2.05) is 47.0 Å². The Morgan fingerprint density at radius 2 is 1.00 bits per heavy atom. The largest absolute Gasteiger partial charge is 0.106 e. The van der Waals surface area contributed by atoms with Crippen LogP contribution in [0.2, 0.25) is 0 Å². The third-order valence-corrected chi connectivity index (χ3v) is 9.01. The Balaban J connectivity index is 1.83. The van der Waals surface area contributed by atoms with Gasteiger partial charge >= 0.3 is 0 Å². The summed E-state index contributed by atoms with van der Waals surface area (Å²) in [5, 5.41) is 1.15. The first-order valence-electron chi connectivity index (χ1n) is 6.62. The molecule has 104 valence electrons. The van der Waals surface area contributed by atoms with Crippen molar-refractivity contribution >= 4 is 56.9 Å². The number of thioether (sulfide) groups is 4. The van der Waals surface area contributed by atoms with Gasteiger partial charge in [-0.25, -0.2) is 0 Å². The first-order valence-corrected chi connectivity index (χ1v) is 10.2. The van der Waals surface area contributed by atoms with Crippen LogP contribution < -0.4 is 0 Å². The standard InChI is InChI=1S/C17H12S4/c1-3-7-12(8-4-1)14-15(13-9-5-2-6-10-13)21-17-16(20-14)18-11-19-17/h1-10H,11H2. The zero-order valence-corrected chi connectivity index (χ0v) is 14.4. The van der Waals surface area contributed by atoms with E-state index in [1.54, 1.807) is 0 Å². The average Bonchev–Trinajstić information content (AvgIpc) is 3.03. The van der Waals surface area contributed by atoms with E-state index in [1.165, 1.54) is 29.4 Å². The highest BCUT2D eigenvalue weighted by Gasteiger charge is 2.28. The predicted molar refractivity (Wildman–Crippen MR) is 102 cm³/mol. The summed E-state index contributed by atoms with van der Waals surface area (Å²) in [6.45, 7) is 0. The molecule has 0 radical (unpaired) electrons. The maximum Gasteiger partial charge on any atom is 0.0663 e. The highest BCUT2D eigenvalue weighted by atomic mass is 32.3. The van der Waals surface area contributed by atoms with Crippen LogP contribution in [-0.2, 0) is 0 Å². The molecule has 0 bridgehead atoms. The Bertz CT molecular complexity index is 655. The lowest BCUT2D eigenvalue weighted by atomic mass is 10.1. The maximum absolute atomic E-state index is 2.21. The van der Waals surface area contributed by atoms with Crippen LogP contribution in [0.5, 0.6) is 0 Å². The van der Waals surface area contributed by atoms with Crippen molar-refractivity contribution in [2.75, 3.05) is 5.08 Å². The normalized spacial score (nSPS) is 18.1. The van der Waals surface area contributed by atoms with Gasteiger partial charge < -0.3 is 0 Å². The van der Waals surface area contributed by atoms with E-state index in [9.17, 15) is 0 Å².